The molecule has 1 aliphatic heterocycles. The summed E-state index contributed by atoms with van der Waals surface area (Å²) in [5.74, 6) is -1.11. The van der Waals surface area contributed by atoms with Gasteiger partial charge in [0.1, 0.15) is 0 Å². The first kappa shape index (κ1) is 11.4. The van der Waals surface area contributed by atoms with E-state index in [1.165, 1.54) is 0 Å². The van der Waals surface area contributed by atoms with Gasteiger partial charge in [-0.15, -0.1) is 0 Å². The average Bonchev–Trinajstić information content (AvgIpc) is 2.67. The van der Waals surface area contributed by atoms with Gasteiger partial charge in [0.05, 0.1) is 0 Å². The van der Waals surface area contributed by atoms with Crippen molar-refractivity contribution in [2.75, 3.05) is 13.1 Å². The van der Waals surface area contributed by atoms with Gasteiger partial charge in [0, 0.05) is 5.41 Å². The fourth-order valence-electron chi connectivity index (χ4n) is 1.78. The minimum atomic E-state index is -4.54. The van der Waals surface area contributed by atoms with Gasteiger partial charge in [-0.3, -0.25) is 0 Å². The van der Waals surface area contributed by atoms with Crippen molar-refractivity contribution >= 4 is 0 Å². The van der Waals surface area contributed by atoms with Crippen LogP contribution in [-0.4, -0.2) is 23.2 Å². The monoisotopic (exact) mass is 235 g/mol. The standard InChI is InChI=1S/C9H12F3N3O/c1-8(2-4-13-5-3-8)7-14-6(15-16-7)9(10,11)12/h13H,2-5H2,1H3. The minimum absolute atomic E-state index is 0.0846. The molecule has 0 radical (unpaired) electrons. The molecular weight excluding hydrogens is 223 g/mol. The van der Waals surface area contributed by atoms with Crippen molar-refractivity contribution in [1.82, 2.24) is 15.5 Å². The van der Waals surface area contributed by atoms with Gasteiger partial charge in [-0.2, -0.15) is 18.2 Å². The van der Waals surface area contributed by atoms with Crippen LogP contribution in [0.1, 0.15) is 31.5 Å². The molecule has 4 nitrogen and oxygen atoms in total. The van der Waals surface area contributed by atoms with Crippen LogP contribution in [0, 0.1) is 0 Å². The molecule has 1 aromatic heterocycles. The molecule has 16 heavy (non-hydrogen) atoms. The summed E-state index contributed by atoms with van der Waals surface area (Å²) in [6, 6.07) is 0. The highest BCUT2D eigenvalue weighted by Gasteiger charge is 2.41. The van der Waals surface area contributed by atoms with Crippen LogP contribution in [0.4, 0.5) is 13.2 Å². The number of piperidine rings is 1. The van der Waals surface area contributed by atoms with Crippen LogP contribution in [0.2, 0.25) is 0 Å². The van der Waals surface area contributed by atoms with E-state index >= 15 is 0 Å². The Balaban J connectivity index is 2.24. The molecule has 90 valence electrons. The first-order valence-electron chi connectivity index (χ1n) is 5.04. The van der Waals surface area contributed by atoms with E-state index in [4.69, 9.17) is 4.52 Å². The quantitative estimate of drug-likeness (QED) is 0.805. The lowest BCUT2D eigenvalue weighted by Gasteiger charge is -2.30. The maximum absolute atomic E-state index is 12.3. The molecule has 1 aromatic rings. The molecule has 2 heterocycles. The fourth-order valence-corrected chi connectivity index (χ4v) is 1.78. The third-order valence-corrected chi connectivity index (χ3v) is 2.90. The number of aromatic nitrogens is 2. The van der Waals surface area contributed by atoms with Crippen molar-refractivity contribution in [2.24, 2.45) is 0 Å². The molecule has 2 rings (SSSR count). The van der Waals surface area contributed by atoms with Crippen LogP contribution in [0.5, 0.6) is 0 Å². The normalized spacial score (nSPS) is 21.0. The molecule has 1 fully saturated rings. The van der Waals surface area contributed by atoms with E-state index in [1.54, 1.807) is 0 Å². The van der Waals surface area contributed by atoms with Gasteiger partial charge in [0.15, 0.2) is 0 Å². The molecule has 0 aliphatic carbocycles. The number of nitrogens with zero attached hydrogens (tertiary/aromatic N) is 2. The van der Waals surface area contributed by atoms with Crippen LogP contribution < -0.4 is 5.32 Å². The SMILES string of the molecule is CC1(c2nc(C(F)(F)F)no2)CCNCC1. The van der Waals surface area contributed by atoms with Crippen LogP contribution >= 0.6 is 0 Å². The highest BCUT2D eigenvalue weighted by Crippen LogP contribution is 2.34. The Hall–Kier alpha value is -1.11. The zero-order valence-corrected chi connectivity index (χ0v) is 8.76. The summed E-state index contributed by atoms with van der Waals surface area (Å²) in [7, 11) is 0. The van der Waals surface area contributed by atoms with Gasteiger partial charge >= 0.3 is 6.18 Å². The number of alkyl halides is 3. The second-order valence-corrected chi connectivity index (χ2v) is 4.23. The Morgan fingerprint density at radius 1 is 1.31 bits per heavy atom. The molecule has 7 heteroatoms. The third kappa shape index (κ3) is 2.04. The van der Waals surface area contributed by atoms with E-state index in [1.807, 2.05) is 6.92 Å². The average molecular weight is 235 g/mol. The Bertz CT molecular complexity index is 368. The second-order valence-electron chi connectivity index (χ2n) is 4.23. The molecule has 0 atom stereocenters. The van der Waals surface area contributed by atoms with Gasteiger partial charge < -0.3 is 9.84 Å². The zero-order chi connectivity index (χ0) is 11.8. The van der Waals surface area contributed by atoms with Crippen LogP contribution in [0.15, 0.2) is 4.52 Å². The maximum atomic E-state index is 12.3. The lowest BCUT2D eigenvalue weighted by Crippen LogP contribution is -2.37. The zero-order valence-electron chi connectivity index (χ0n) is 8.76. The molecule has 0 spiro atoms. The molecule has 0 unspecified atom stereocenters. The van der Waals surface area contributed by atoms with Crippen molar-refractivity contribution in [1.29, 1.82) is 0 Å². The summed E-state index contributed by atoms with van der Waals surface area (Å²) < 4.78 is 41.6. The van der Waals surface area contributed by atoms with Crippen LogP contribution in [0.25, 0.3) is 0 Å². The van der Waals surface area contributed by atoms with Gasteiger partial charge in [0.2, 0.25) is 5.89 Å². The molecule has 0 saturated carbocycles. The van der Waals surface area contributed by atoms with Crippen LogP contribution in [0.3, 0.4) is 0 Å². The van der Waals surface area contributed by atoms with Crippen molar-refractivity contribution in [2.45, 2.75) is 31.4 Å². The Morgan fingerprint density at radius 2 is 1.94 bits per heavy atom. The molecule has 0 aromatic carbocycles. The van der Waals surface area contributed by atoms with Crippen molar-refractivity contribution in [3.63, 3.8) is 0 Å². The predicted octanol–water partition coefficient (Wildman–Crippen LogP) is 1.73. The highest BCUT2D eigenvalue weighted by molar-refractivity contribution is 5.06. The highest BCUT2D eigenvalue weighted by atomic mass is 19.4. The van der Waals surface area contributed by atoms with E-state index in [2.05, 4.69) is 15.5 Å². The first-order chi connectivity index (χ1) is 7.42. The summed E-state index contributed by atoms with van der Waals surface area (Å²) in [4.78, 5) is 3.45. The number of hydrogen-bond acceptors (Lipinski definition) is 4. The van der Waals surface area contributed by atoms with Gasteiger partial charge in [-0.1, -0.05) is 12.1 Å². The molecule has 1 saturated heterocycles. The van der Waals surface area contributed by atoms with Gasteiger partial charge in [-0.05, 0) is 25.9 Å². The molecule has 0 bridgehead atoms. The lowest BCUT2D eigenvalue weighted by molar-refractivity contribution is -0.146. The Kier molecular flexibility index (Phi) is 2.65. The summed E-state index contributed by atoms with van der Waals surface area (Å²) in [5, 5.41) is 6.11. The summed E-state index contributed by atoms with van der Waals surface area (Å²) in [6.45, 7) is 3.35. The minimum Gasteiger partial charge on any atom is -0.338 e. The van der Waals surface area contributed by atoms with Crippen molar-refractivity contribution < 1.29 is 17.7 Å². The second kappa shape index (κ2) is 3.73. The maximum Gasteiger partial charge on any atom is 0.455 e. The van der Waals surface area contributed by atoms with E-state index < -0.39 is 17.4 Å². The van der Waals surface area contributed by atoms with E-state index in [0.717, 1.165) is 13.1 Å². The Labute approximate surface area is 90.2 Å². The topological polar surface area (TPSA) is 51.0 Å². The number of hydrogen-bond donors (Lipinski definition) is 1. The molecule has 1 aliphatic rings. The van der Waals surface area contributed by atoms with E-state index in [9.17, 15) is 13.2 Å². The molecular formula is C9H12F3N3O. The van der Waals surface area contributed by atoms with E-state index in [-0.39, 0.29) is 5.89 Å². The summed E-state index contributed by atoms with van der Waals surface area (Å²) in [6.07, 6.45) is -3.13. The van der Waals surface area contributed by atoms with Gasteiger partial charge in [-0.25, -0.2) is 0 Å². The third-order valence-electron chi connectivity index (χ3n) is 2.90. The number of rotatable bonds is 1. The fraction of sp³-hybridized carbons (Fsp3) is 0.778. The largest absolute Gasteiger partial charge is 0.455 e. The van der Waals surface area contributed by atoms with E-state index in [0.29, 0.717) is 12.8 Å². The number of halogens is 3. The smallest absolute Gasteiger partial charge is 0.338 e. The van der Waals surface area contributed by atoms with Crippen LogP contribution in [-0.2, 0) is 11.6 Å². The lowest BCUT2D eigenvalue weighted by atomic mass is 9.81. The number of nitrogens with one attached hydrogen (secondary N) is 1. The molecule has 0 amide bonds. The summed E-state index contributed by atoms with van der Waals surface area (Å²) >= 11 is 0. The summed E-state index contributed by atoms with van der Waals surface area (Å²) in [5.41, 5.74) is -0.443. The predicted molar refractivity (Wildman–Crippen MR) is 48.8 cm³/mol. The Morgan fingerprint density at radius 3 is 2.44 bits per heavy atom. The molecule has 1 N–H and O–H groups in total. The first-order valence-corrected chi connectivity index (χ1v) is 5.04. The van der Waals surface area contributed by atoms with Crippen molar-refractivity contribution in [3.05, 3.63) is 11.7 Å². The van der Waals surface area contributed by atoms with Gasteiger partial charge in [0.25, 0.3) is 5.82 Å². The van der Waals surface area contributed by atoms with Crippen molar-refractivity contribution in [3.8, 4) is 0 Å².